The number of piperazine rings is 2. The molecule has 2 aromatic carbocycles. The van der Waals surface area contributed by atoms with E-state index in [4.69, 9.17) is 67.5 Å². The monoisotopic (exact) mass is 984 g/mol. The number of aromatic nitrogens is 8. The first-order valence-electron chi connectivity index (χ1n) is 20.5. The van der Waals surface area contributed by atoms with Gasteiger partial charge in [-0.2, -0.15) is 10.2 Å². The number of methoxy groups -OCH3 is 2. The molecule has 0 radical (unpaired) electrons. The molecule has 0 unspecified atom stereocenters. The Labute approximate surface area is 402 Å². The standard InChI is InChI=1S/C22H24Cl2N6O2.C14H18Cl2N2O2.C8H7ClN4/c1-14-11-28(16-4-5-17(23)19(10-16)32-3)8-9-29(14)20(31)12-30-15(2)21(24)22(27-30)18-6-7-25-13-26-18;1-10-9-17(5-6-18(10)14(19)8-15)11-3-4-12(16)13(7-11)20-2;1-5-7(9)8(13-12-5)6-2-3-10-4-11-6/h4-7,10,13-14H,8-9,11-12H2,1-3H3;3-4,7,10H,5-6,8-9H2,1-2H3;2-4H,1H3,(H,12,13)/t14-;10-;/m00./s1. The van der Waals surface area contributed by atoms with Crippen LogP contribution in [0.4, 0.5) is 11.4 Å². The Bertz CT molecular complexity index is 2550. The van der Waals surface area contributed by atoms with Crippen molar-refractivity contribution in [3.05, 3.63) is 105 Å². The van der Waals surface area contributed by atoms with E-state index in [0.29, 0.717) is 74.9 Å². The van der Waals surface area contributed by atoms with Crippen molar-refractivity contribution in [1.82, 2.24) is 49.7 Å². The number of alkyl halides is 1. The maximum atomic E-state index is 13.1. The van der Waals surface area contributed by atoms with Crippen LogP contribution in [-0.2, 0) is 16.1 Å². The van der Waals surface area contributed by atoms with Crippen LogP contribution in [-0.4, -0.2) is 133 Å². The molecule has 0 aliphatic carbocycles. The number of carbonyl (C=O) groups is 2. The summed E-state index contributed by atoms with van der Waals surface area (Å²) in [7, 11) is 3.20. The summed E-state index contributed by atoms with van der Waals surface area (Å²) in [5.41, 5.74) is 6.22. The lowest BCUT2D eigenvalue weighted by Crippen LogP contribution is -2.54. The van der Waals surface area contributed by atoms with Gasteiger partial charge in [0.25, 0.3) is 0 Å². The topological polar surface area (TPSA) is 164 Å². The molecule has 65 heavy (non-hydrogen) atoms. The normalized spacial score (nSPS) is 16.0. The van der Waals surface area contributed by atoms with Crippen molar-refractivity contribution < 1.29 is 19.1 Å². The van der Waals surface area contributed by atoms with E-state index >= 15 is 0 Å². The number of aryl methyl sites for hydroxylation is 1. The Balaban J connectivity index is 0.000000180. The van der Waals surface area contributed by atoms with E-state index in [1.807, 2.05) is 73.9 Å². The zero-order valence-corrected chi connectivity index (χ0v) is 40.5. The predicted molar refractivity (Wildman–Crippen MR) is 256 cm³/mol. The maximum absolute atomic E-state index is 13.1. The van der Waals surface area contributed by atoms with Crippen molar-refractivity contribution >= 4 is 81.2 Å². The SMILES string of the molecule is COc1cc(N2CCN(C(=O)CCl)[C@@H](C)C2)ccc1Cl.COc1cc(N2CCN(C(=O)Cn3nc(-c4ccncn4)c(Cl)c3C)[C@@H](C)C2)ccc1Cl.Cc1[nH]nc(-c2ccncn2)c1Cl. The highest BCUT2D eigenvalue weighted by molar-refractivity contribution is 6.34. The van der Waals surface area contributed by atoms with Gasteiger partial charge in [-0.3, -0.25) is 19.4 Å². The van der Waals surface area contributed by atoms with Gasteiger partial charge in [-0.1, -0.05) is 46.4 Å². The summed E-state index contributed by atoms with van der Waals surface area (Å²) in [6.45, 7) is 12.2. The lowest BCUT2D eigenvalue weighted by atomic mass is 10.1. The zero-order chi connectivity index (χ0) is 46.8. The van der Waals surface area contributed by atoms with Gasteiger partial charge in [0, 0.05) is 87.3 Å². The molecule has 6 heterocycles. The van der Waals surface area contributed by atoms with Gasteiger partial charge >= 0.3 is 0 Å². The number of hydrogen-bond donors (Lipinski definition) is 1. The second-order valence-electron chi connectivity index (χ2n) is 15.1. The lowest BCUT2D eigenvalue weighted by Gasteiger charge is -2.41. The minimum atomic E-state index is -0.00694. The number of nitrogens with one attached hydrogen (secondary N) is 1. The van der Waals surface area contributed by atoms with Crippen molar-refractivity contribution in [2.75, 3.05) is 69.2 Å². The number of aromatic amines is 1. The fourth-order valence-corrected chi connectivity index (χ4v) is 8.36. The average molecular weight is 987 g/mol. The third kappa shape index (κ3) is 11.9. The van der Waals surface area contributed by atoms with Gasteiger partial charge in [0.2, 0.25) is 11.8 Å². The first-order valence-corrected chi connectivity index (χ1v) is 22.6. The Morgan fingerprint density at radius 2 is 1.22 bits per heavy atom. The Hall–Kier alpha value is -5.39. The number of nitrogens with zero attached hydrogens (tertiary/aromatic N) is 11. The van der Waals surface area contributed by atoms with E-state index in [2.05, 4.69) is 45.0 Å². The lowest BCUT2D eigenvalue weighted by molar-refractivity contribution is -0.134. The Morgan fingerprint density at radius 1 is 0.708 bits per heavy atom. The van der Waals surface area contributed by atoms with Crippen LogP contribution in [0.5, 0.6) is 11.5 Å². The molecule has 2 fully saturated rings. The van der Waals surface area contributed by atoms with Gasteiger partial charge in [0.05, 0.1) is 57.1 Å². The van der Waals surface area contributed by atoms with Crippen LogP contribution < -0.4 is 19.3 Å². The number of amides is 2. The smallest absolute Gasteiger partial charge is 0.244 e. The highest BCUT2D eigenvalue weighted by Gasteiger charge is 2.30. The summed E-state index contributed by atoms with van der Waals surface area (Å²) < 4.78 is 12.2. The molecular weight excluding hydrogens is 938 g/mol. The van der Waals surface area contributed by atoms with E-state index in [1.54, 1.807) is 43.4 Å². The van der Waals surface area contributed by atoms with E-state index < -0.39 is 0 Å². The van der Waals surface area contributed by atoms with Crippen LogP contribution in [0.2, 0.25) is 20.1 Å². The summed E-state index contributed by atoms with van der Waals surface area (Å²) in [5, 5.41) is 13.6. The van der Waals surface area contributed by atoms with E-state index in [-0.39, 0.29) is 36.3 Å². The highest BCUT2D eigenvalue weighted by atomic mass is 35.5. The van der Waals surface area contributed by atoms with Crippen LogP contribution in [0, 0.1) is 13.8 Å². The van der Waals surface area contributed by atoms with Gasteiger partial charge in [0.1, 0.15) is 48.0 Å². The number of benzene rings is 2. The average Bonchev–Trinajstić information content (AvgIpc) is 3.81. The molecule has 2 saturated heterocycles. The van der Waals surface area contributed by atoms with Gasteiger partial charge in [0.15, 0.2) is 0 Å². The fourth-order valence-electron chi connectivity index (χ4n) is 7.40. The molecule has 0 saturated carbocycles. The van der Waals surface area contributed by atoms with Crippen molar-refractivity contribution in [3.63, 3.8) is 0 Å². The summed E-state index contributed by atoms with van der Waals surface area (Å²) in [6.07, 6.45) is 6.20. The molecule has 2 amide bonds. The van der Waals surface area contributed by atoms with Gasteiger partial charge < -0.3 is 29.1 Å². The molecule has 0 bridgehead atoms. The van der Waals surface area contributed by atoms with E-state index in [9.17, 15) is 9.59 Å². The van der Waals surface area contributed by atoms with E-state index in [0.717, 1.165) is 41.5 Å². The Morgan fingerprint density at radius 3 is 1.65 bits per heavy atom. The van der Waals surface area contributed by atoms with Gasteiger partial charge in [-0.15, -0.1) is 11.6 Å². The van der Waals surface area contributed by atoms with Crippen LogP contribution >= 0.6 is 58.0 Å². The molecule has 6 aromatic rings. The van der Waals surface area contributed by atoms with Gasteiger partial charge in [-0.05, 0) is 64.1 Å². The molecule has 2 atom stereocenters. The zero-order valence-electron chi connectivity index (χ0n) is 36.7. The second-order valence-corrected chi connectivity index (χ2v) is 17.0. The number of halogens is 5. The first-order chi connectivity index (χ1) is 31.2. The fraction of sp³-hybridized carbons (Fsp3) is 0.364. The summed E-state index contributed by atoms with van der Waals surface area (Å²) in [4.78, 5) is 49.0. The van der Waals surface area contributed by atoms with Crippen LogP contribution in [0.3, 0.4) is 0 Å². The minimum absolute atomic E-state index is 0.00217. The number of H-pyrrole nitrogens is 1. The van der Waals surface area contributed by atoms with Crippen molar-refractivity contribution in [2.24, 2.45) is 0 Å². The van der Waals surface area contributed by atoms with Gasteiger partial charge in [-0.25, -0.2) is 19.9 Å². The molecule has 8 rings (SSSR count). The van der Waals surface area contributed by atoms with Crippen molar-refractivity contribution in [1.29, 1.82) is 0 Å². The molecule has 4 aromatic heterocycles. The maximum Gasteiger partial charge on any atom is 0.244 e. The van der Waals surface area contributed by atoms with Crippen molar-refractivity contribution in [2.45, 2.75) is 46.3 Å². The molecular formula is C44H49Cl5N12O4. The molecule has 21 heteroatoms. The highest BCUT2D eigenvalue weighted by Crippen LogP contribution is 2.33. The number of rotatable bonds is 9. The van der Waals surface area contributed by atoms with Crippen LogP contribution in [0.15, 0.2) is 73.6 Å². The third-order valence-corrected chi connectivity index (χ3v) is 12.7. The third-order valence-electron chi connectivity index (χ3n) is 10.9. The van der Waals surface area contributed by atoms with Crippen LogP contribution in [0.25, 0.3) is 22.8 Å². The number of carbonyl (C=O) groups excluding carboxylic acids is 2. The largest absolute Gasteiger partial charge is 0.495 e. The molecule has 1 N–H and O–H groups in total. The molecule has 0 spiro atoms. The quantitative estimate of drug-likeness (QED) is 0.139. The number of anilines is 2. The molecule has 2 aliphatic heterocycles. The number of ether oxygens (including phenoxy) is 2. The second kappa shape index (κ2) is 22.7. The molecule has 344 valence electrons. The number of hydrogen-bond acceptors (Lipinski definition) is 12. The Kier molecular flexibility index (Phi) is 17.1. The first kappa shape index (κ1) is 49.1. The molecule has 2 aliphatic rings. The van der Waals surface area contributed by atoms with E-state index in [1.165, 1.54) is 12.7 Å². The minimum Gasteiger partial charge on any atom is -0.495 e. The molecule has 16 nitrogen and oxygen atoms in total. The predicted octanol–water partition coefficient (Wildman–Crippen LogP) is 8.15. The van der Waals surface area contributed by atoms with Crippen LogP contribution in [0.1, 0.15) is 25.2 Å². The summed E-state index contributed by atoms with van der Waals surface area (Å²) in [5.74, 6) is 1.34. The summed E-state index contributed by atoms with van der Waals surface area (Å²) >= 11 is 30.3. The summed E-state index contributed by atoms with van der Waals surface area (Å²) in [6, 6.07) is 15.1. The van der Waals surface area contributed by atoms with Crippen molar-refractivity contribution in [3.8, 4) is 34.3 Å².